The van der Waals surface area contributed by atoms with Gasteiger partial charge in [-0.2, -0.15) is 0 Å². The van der Waals surface area contributed by atoms with Crippen LogP contribution in [-0.4, -0.2) is 4.98 Å². The largest absolute Gasteiger partial charge is 0.324 e. The maximum absolute atomic E-state index is 6.27. The van der Waals surface area contributed by atoms with E-state index < -0.39 is 0 Å². The van der Waals surface area contributed by atoms with Crippen LogP contribution in [0.3, 0.4) is 0 Å². The highest BCUT2D eigenvalue weighted by atomic mass is 14.7. The Hall–Kier alpha value is -0.890. The van der Waals surface area contributed by atoms with Crippen molar-refractivity contribution >= 4 is 0 Å². The zero-order valence-corrected chi connectivity index (χ0v) is 10.2. The molecule has 0 aromatic carbocycles. The van der Waals surface area contributed by atoms with Gasteiger partial charge >= 0.3 is 0 Å². The summed E-state index contributed by atoms with van der Waals surface area (Å²) in [5, 5.41) is 0. The molecule has 1 rings (SSSR count). The first kappa shape index (κ1) is 12.2. The fourth-order valence-electron chi connectivity index (χ4n) is 2.10. The minimum absolute atomic E-state index is 0.132. The Bertz CT molecular complexity index is 316. The Labute approximate surface area is 92.9 Å². The fraction of sp³-hybridized carbons (Fsp3) is 0.615. The highest BCUT2D eigenvalue weighted by Gasteiger charge is 2.18. The van der Waals surface area contributed by atoms with Gasteiger partial charge in [0.25, 0.3) is 0 Å². The molecule has 2 heteroatoms. The van der Waals surface area contributed by atoms with E-state index in [1.165, 1.54) is 5.56 Å². The van der Waals surface area contributed by atoms with E-state index in [2.05, 4.69) is 24.9 Å². The lowest BCUT2D eigenvalue weighted by atomic mass is 9.89. The van der Waals surface area contributed by atoms with Crippen LogP contribution in [0.2, 0.25) is 0 Å². The Morgan fingerprint density at radius 1 is 1.20 bits per heavy atom. The van der Waals surface area contributed by atoms with Crippen LogP contribution in [0.25, 0.3) is 0 Å². The van der Waals surface area contributed by atoms with Crippen LogP contribution < -0.4 is 5.73 Å². The molecule has 84 valence electrons. The van der Waals surface area contributed by atoms with E-state index in [9.17, 15) is 0 Å². The molecule has 0 radical (unpaired) electrons. The summed E-state index contributed by atoms with van der Waals surface area (Å²) in [5.74, 6) is 0.563. The van der Waals surface area contributed by atoms with Gasteiger partial charge in [0, 0.05) is 17.4 Å². The quantitative estimate of drug-likeness (QED) is 0.822. The topological polar surface area (TPSA) is 38.9 Å². The zero-order chi connectivity index (χ0) is 11.4. The summed E-state index contributed by atoms with van der Waals surface area (Å²) < 4.78 is 0. The predicted octanol–water partition coefficient (Wildman–Crippen LogP) is 3.13. The molecule has 0 aliphatic heterocycles. The van der Waals surface area contributed by atoms with Crippen LogP contribution in [0, 0.1) is 19.8 Å². The van der Waals surface area contributed by atoms with Crippen molar-refractivity contribution in [2.24, 2.45) is 11.7 Å². The summed E-state index contributed by atoms with van der Waals surface area (Å²) >= 11 is 0. The summed E-state index contributed by atoms with van der Waals surface area (Å²) in [6.07, 6.45) is 2.26. The number of aromatic nitrogens is 1. The van der Waals surface area contributed by atoms with Gasteiger partial charge in [0.05, 0.1) is 0 Å². The summed E-state index contributed by atoms with van der Waals surface area (Å²) in [4.78, 5) is 4.47. The van der Waals surface area contributed by atoms with Crippen LogP contribution >= 0.6 is 0 Å². The van der Waals surface area contributed by atoms with Crippen LogP contribution in [0.1, 0.15) is 49.7 Å². The number of hydrogen-bond donors (Lipinski definition) is 1. The molecule has 0 amide bonds. The van der Waals surface area contributed by atoms with Gasteiger partial charge in [-0.25, -0.2) is 0 Å². The van der Waals surface area contributed by atoms with Crippen molar-refractivity contribution in [3.05, 3.63) is 29.1 Å². The predicted molar refractivity (Wildman–Crippen MR) is 64.7 cm³/mol. The van der Waals surface area contributed by atoms with Gasteiger partial charge in [-0.15, -0.1) is 0 Å². The van der Waals surface area contributed by atoms with Gasteiger partial charge in [0.2, 0.25) is 0 Å². The van der Waals surface area contributed by atoms with Crippen molar-refractivity contribution < 1.29 is 0 Å². The van der Waals surface area contributed by atoms with Crippen molar-refractivity contribution in [2.45, 2.75) is 46.6 Å². The summed E-state index contributed by atoms with van der Waals surface area (Å²) in [7, 11) is 0. The van der Waals surface area contributed by atoms with Crippen molar-refractivity contribution in [1.82, 2.24) is 4.98 Å². The number of nitrogens with zero attached hydrogens (tertiary/aromatic N) is 1. The first-order valence-corrected chi connectivity index (χ1v) is 5.79. The third-order valence-electron chi connectivity index (χ3n) is 3.18. The highest BCUT2D eigenvalue weighted by Crippen LogP contribution is 2.26. The normalized spacial score (nSPS) is 13.2. The second kappa shape index (κ2) is 5.26. The molecule has 2 nitrogen and oxygen atoms in total. The van der Waals surface area contributed by atoms with Gasteiger partial charge in [-0.1, -0.05) is 32.8 Å². The zero-order valence-electron chi connectivity index (χ0n) is 10.2. The van der Waals surface area contributed by atoms with Gasteiger partial charge < -0.3 is 5.73 Å². The Kier molecular flexibility index (Phi) is 4.28. The summed E-state index contributed by atoms with van der Waals surface area (Å²) in [5.41, 5.74) is 9.62. The Morgan fingerprint density at radius 3 is 2.27 bits per heavy atom. The number of aryl methyl sites for hydroxylation is 2. The molecule has 0 spiro atoms. The molecule has 0 fully saturated rings. The molecule has 1 atom stereocenters. The number of pyridine rings is 1. The van der Waals surface area contributed by atoms with Crippen LogP contribution in [0.4, 0.5) is 0 Å². The van der Waals surface area contributed by atoms with Gasteiger partial charge in [0.15, 0.2) is 0 Å². The molecule has 0 aliphatic rings. The molecular weight excluding hydrogens is 184 g/mol. The second-order valence-electron chi connectivity index (χ2n) is 4.23. The van der Waals surface area contributed by atoms with Gasteiger partial charge in [0.1, 0.15) is 0 Å². The average molecular weight is 206 g/mol. The van der Waals surface area contributed by atoms with E-state index in [0.717, 1.165) is 24.2 Å². The monoisotopic (exact) mass is 206 g/mol. The molecule has 1 aromatic rings. The van der Waals surface area contributed by atoms with Crippen LogP contribution in [0.15, 0.2) is 12.1 Å². The Morgan fingerprint density at radius 2 is 1.80 bits per heavy atom. The number of hydrogen-bond acceptors (Lipinski definition) is 2. The molecule has 2 N–H and O–H groups in total. The average Bonchev–Trinajstić information content (AvgIpc) is 2.19. The van der Waals surface area contributed by atoms with E-state index >= 15 is 0 Å². The third kappa shape index (κ3) is 2.78. The Balaban J connectivity index is 2.94. The molecule has 15 heavy (non-hydrogen) atoms. The minimum atomic E-state index is 0.132. The second-order valence-corrected chi connectivity index (χ2v) is 4.23. The standard InChI is InChI=1S/C13H22N2/c1-5-11(6-2)13(14)12-8-7-9(3)15-10(12)4/h7-8,11,13H,5-6,14H2,1-4H3. The van der Waals surface area contributed by atoms with E-state index in [1.807, 2.05) is 19.9 Å². The molecule has 0 saturated carbocycles. The van der Waals surface area contributed by atoms with Crippen molar-refractivity contribution in [1.29, 1.82) is 0 Å². The molecular formula is C13H22N2. The third-order valence-corrected chi connectivity index (χ3v) is 3.18. The fourth-order valence-corrected chi connectivity index (χ4v) is 2.10. The lowest BCUT2D eigenvalue weighted by Gasteiger charge is -2.22. The van der Waals surface area contributed by atoms with E-state index in [0.29, 0.717) is 5.92 Å². The van der Waals surface area contributed by atoms with Crippen LogP contribution in [-0.2, 0) is 0 Å². The number of nitrogens with two attached hydrogens (primary N) is 1. The molecule has 0 aliphatic carbocycles. The van der Waals surface area contributed by atoms with Crippen molar-refractivity contribution in [3.63, 3.8) is 0 Å². The van der Waals surface area contributed by atoms with E-state index in [-0.39, 0.29) is 6.04 Å². The first-order chi connectivity index (χ1) is 7.10. The molecule has 1 aromatic heterocycles. The highest BCUT2D eigenvalue weighted by molar-refractivity contribution is 5.25. The smallest absolute Gasteiger partial charge is 0.0423 e. The maximum atomic E-state index is 6.27. The number of rotatable bonds is 4. The van der Waals surface area contributed by atoms with Crippen LogP contribution in [0.5, 0.6) is 0 Å². The van der Waals surface area contributed by atoms with Gasteiger partial charge in [-0.3, -0.25) is 4.98 Å². The maximum Gasteiger partial charge on any atom is 0.0423 e. The lowest BCUT2D eigenvalue weighted by Crippen LogP contribution is -2.21. The lowest BCUT2D eigenvalue weighted by molar-refractivity contribution is 0.403. The van der Waals surface area contributed by atoms with E-state index in [1.54, 1.807) is 0 Å². The van der Waals surface area contributed by atoms with Gasteiger partial charge in [-0.05, 0) is 31.4 Å². The minimum Gasteiger partial charge on any atom is -0.324 e. The van der Waals surface area contributed by atoms with Crippen molar-refractivity contribution in [2.75, 3.05) is 0 Å². The van der Waals surface area contributed by atoms with E-state index in [4.69, 9.17) is 5.73 Å². The molecule has 1 heterocycles. The molecule has 0 bridgehead atoms. The SMILES string of the molecule is CCC(CC)C(N)c1ccc(C)nc1C. The first-order valence-electron chi connectivity index (χ1n) is 5.79. The molecule has 1 unspecified atom stereocenters. The van der Waals surface area contributed by atoms with Crippen molar-refractivity contribution in [3.8, 4) is 0 Å². The summed E-state index contributed by atoms with van der Waals surface area (Å²) in [6.45, 7) is 8.46. The molecule has 0 saturated heterocycles. The summed E-state index contributed by atoms with van der Waals surface area (Å²) in [6, 6.07) is 4.30.